The average Bonchev–Trinajstić information content (AvgIpc) is 2.48. The van der Waals surface area contributed by atoms with Crippen LogP contribution in [0, 0.1) is 0 Å². The van der Waals surface area contributed by atoms with Crippen LogP contribution in [-0.2, 0) is 6.54 Å². The molecule has 22 heavy (non-hydrogen) atoms. The van der Waals surface area contributed by atoms with Gasteiger partial charge in [0.2, 0.25) is 0 Å². The maximum atomic E-state index is 11.0. The van der Waals surface area contributed by atoms with E-state index in [1.54, 1.807) is 0 Å². The van der Waals surface area contributed by atoms with Gasteiger partial charge in [0.05, 0.1) is 6.10 Å². The van der Waals surface area contributed by atoms with Gasteiger partial charge in [0.25, 0.3) is 0 Å². The zero-order valence-corrected chi connectivity index (χ0v) is 13.5. The molecule has 0 unspecified atom stereocenters. The molecule has 1 saturated heterocycles. The van der Waals surface area contributed by atoms with Crippen molar-refractivity contribution in [1.29, 1.82) is 0 Å². The van der Waals surface area contributed by atoms with Crippen molar-refractivity contribution < 1.29 is 9.53 Å². The number of hydrogen-bond donors (Lipinski definition) is 2. The molecule has 0 aliphatic carbocycles. The van der Waals surface area contributed by atoms with E-state index in [4.69, 9.17) is 10.5 Å². The molecule has 0 radical (unpaired) electrons. The highest BCUT2D eigenvalue weighted by atomic mass is 16.5. The molecule has 1 aliphatic heterocycles. The quantitative estimate of drug-likeness (QED) is 0.848. The lowest BCUT2D eigenvalue weighted by atomic mass is 10.0. The number of urea groups is 1. The lowest BCUT2D eigenvalue weighted by Gasteiger charge is -2.36. The summed E-state index contributed by atoms with van der Waals surface area (Å²) in [6.45, 7) is 6.58. The van der Waals surface area contributed by atoms with Gasteiger partial charge in [0.1, 0.15) is 5.75 Å². The molecule has 0 aromatic heterocycles. The van der Waals surface area contributed by atoms with Crippen molar-refractivity contribution in [3.63, 3.8) is 0 Å². The summed E-state index contributed by atoms with van der Waals surface area (Å²) in [5.74, 6) is 0.949. The number of nitrogens with two attached hydrogens (primary N) is 1. The molecule has 5 nitrogen and oxygen atoms in total. The number of rotatable bonds is 6. The van der Waals surface area contributed by atoms with Gasteiger partial charge in [-0.2, -0.15) is 0 Å². The van der Waals surface area contributed by atoms with E-state index in [1.807, 2.05) is 32.0 Å². The Labute approximate surface area is 132 Å². The lowest BCUT2D eigenvalue weighted by Crippen LogP contribution is -2.47. The maximum Gasteiger partial charge on any atom is 0.312 e. The van der Waals surface area contributed by atoms with Crippen LogP contribution in [0.15, 0.2) is 24.3 Å². The van der Waals surface area contributed by atoms with Crippen LogP contribution >= 0.6 is 0 Å². The number of primary amides is 1. The number of ether oxygens (including phenoxy) is 1. The molecule has 1 heterocycles. The van der Waals surface area contributed by atoms with E-state index in [0.717, 1.165) is 25.3 Å². The molecule has 0 bridgehead atoms. The average molecular weight is 305 g/mol. The fourth-order valence-electron chi connectivity index (χ4n) is 2.94. The lowest BCUT2D eigenvalue weighted by molar-refractivity contribution is 0.135. The normalized spacial score (nSPS) is 19.1. The van der Waals surface area contributed by atoms with Crippen molar-refractivity contribution in [2.75, 3.05) is 13.1 Å². The number of benzene rings is 1. The summed E-state index contributed by atoms with van der Waals surface area (Å²) in [5, 5.41) is 2.74. The smallest absolute Gasteiger partial charge is 0.312 e. The Kier molecular flexibility index (Phi) is 6.07. The number of likely N-dealkylation sites (tertiary alicyclic amines) is 1. The van der Waals surface area contributed by atoms with Crippen LogP contribution in [0.2, 0.25) is 0 Å². The van der Waals surface area contributed by atoms with E-state index in [9.17, 15) is 4.79 Å². The minimum Gasteiger partial charge on any atom is -0.491 e. The molecule has 2 rings (SSSR count). The Morgan fingerprint density at radius 2 is 2.18 bits per heavy atom. The van der Waals surface area contributed by atoms with E-state index < -0.39 is 6.03 Å². The van der Waals surface area contributed by atoms with Crippen molar-refractivity contribution in [2.24, 2.45) is 5.73 Å². The van der Waals surface area contributed by atoms with Crippen LogP contribution in [0.4, 0.5) is 4.79 Å². The van der Waals surface area contributed by atoms with Crippen LogP contribution in [0.5, 0.6) is 5.75 Å². The summed E-state index contributed by atoms with van der Waals surface area (Å²) in [6, 6.07) is 8.08. The summed E-state index contributed by atoms with van der Waals surface area (Å²) in [6.07, 6.45) is 3.65. The first kappa shape index (κ1) is 16.6. The molecule has 0 saturated carbocycles. The molecule has 1 aliphatic rings. The second-order valence-corrected chi connectivity index (χ2v) is 6.14. The van der Waals surface area contributed by atoms with Crippen LogP contribution in [-0.4, -0.2) is 36.2 Å². The Morgan fingerprint density at radius 3 is 2.91 bits per heavy atom. The van der Waals surface area contributed by atoms with Crippen molar-refractivity contribution in [2.45, 2.75) is 51.8 Å². The summed E-state index contributed by atoms with van der Waals surface area (Å²) in [7, 11) is 0. The Morgan fingerprint density at radius 1 is 1.41 bits per heavy atom. The Balaban J connectivity index is 2.05. The van der Waals surface area contributed by atoms with E-state index in [2.05, 4.69) is 16.3 Å². The third-order valence-electron chi connectivity index (χ3n) is 3.97. The monoisotopic (exact) mass is 305 g/mol. The number of nitrogens with zero attached hydrogens (tertiary/aromatic N) is 1. The number of hydrogen-bond acceptors (Lipinski definition) is 3. The van der Waals surface area contributed by atoms with Crippen molar-refractivity contribution >= 4 is 6.03 Å². The first-order valence-corrected chi connectivity index (χ1v) is 8.08. The zero-order chi connectivity index (χ0) is 15.9. The predicted octanol–water partition coefficient (Wildman–Crippen LogP) is 2.50. The zero-order valence-electron chi connectivity index (χ0n) is 13.5. The van der Waals surface area contributed by atoms with Gasteiger partial charge in [-0.1, -0.05) is 24.6 Å². The first-order chi connectivity index (χ1) is 10.6. The molecule has 1 aromatic carbocycles. The summed E-state index contributed by atoms with van der Waals surface area (Å²) >= 11 is 0. The highest BCUT2D eigenvalue weighted by molar-refractivity contribution is 5.71. The second-order valence-electron chi connectivity index (χ2n) is 6.14. The van der Waals surface area contributed by atoms with Gasteiger partial charge in [0.15, 0.2) is 0 Å². The Hall–Kier alpha value is -1.75. The summed E-state index contributed by atoms with van der Waals surface area (Å²) in [5.41, 5.74) is 6.39. The van der Waals surface area contributed by atoms with Gasteiger partial charge >= 0.3 is 6.03 Å². The summed E-state index contributed by atoms with van der Waals surface area (Å²) in [4.78, 5) is 13.4. The molecule has 0 spiro atoms. The van der Waals surface area contributed by atoms with Crippen LogP contribution in [0.25, 0.3) is 0 Å². The van der Waals surface area contributed by atoms with Crippen LogP contribution < -0.4 is 15.8 Å². The summed E-state index contributed by atoms with van der Waals surface area (Å²) < 4.78 is 5.90. The minimum atomic E-state index is -0.450. The molecular formula is C17H27N3O2. The van der Waals surface area contributed by atoms with Gasteiger partial charge in [-0.15, -0.1) is 0 Å². The third kappa shape index (κ3) is 4.91. The number of piperidine rings is 1. The van der Waals surface area contributed by atoms with Crippen molar-refractivity contribution in [3.8, 4) is 5.75 Å². The standard InChI is InChI=1S/C17H27N3O2/c1-13(2)22-16-9-4-3-7-14(16)12-20-10-6-5-8-15(20)11-19-17(18)21/h3-4,7,9,13,15H,5-6,8,10-12H2,1-2H3,(H3,18,19,21)/t15-/m0/s1. The van der Waals surface area contributed by atoms with Crippen LogP contribution in [0.1, 0.15) is 38.7 Å². The van der Waals surface area contributed by atoms with E-state index >= 15 is 0 Å². The largest absolute Gasteiger partial charge is 0.491 e. The van der Waals surface area contributed by atoms with Crippen molar-refractivity contribution in [1.82, 2.24) is 10.2 Å². The minimum absolute atomic E-state index is 0.162. The number of carbonyl (C=O) groups is 1. The van der Waals surface area contributed by atoms with Gasteiger partial charge < -0.3 is 15.8 Å². The van der Waals surface area contributed by atoms with Gasteiger partial charge in [0, 0.05) is 24.7 Å². The predicted molar refractivity (Wildman–Crippen MR) is 87.8 cm³/mol. The number of amides is 2. The highest BCUT2D eigenvalue weighted by Crippen LogP contribution is 2.25. The molecule has 3 N–H and O–H groups in total. The molecule has 1 fully saturated rings. The van der Waals surface area contributed by atoms with E-state index in [0.29, 0.717) is 12.6 Å². The third-order valence-corrected chi connectivity index (χ3v) is 3.97. The SMILES string of the molecule is CC(C)Oc1ccccc1CN1CCCC[C@H]1CNC(N)=O. The van der Waals surface area contributed by atoms with Gasteiger partial charge in [-0.25, -0.2) is 4.79 Å². The molecule has 5 heteroatoms. The fourth-order valence-corrected chi connectivity index (χ4v) is 2.94. The highest BCUT2D eigenvalue weighted by Gasteiger charge is 2.23. The van der Waals surface area contributed by atoms with Gasteiger partial charge in [-0.05, 0) is 39.3 Å². The van der Waals surface area contributed by atoms with Crippen LogP contribution in [0.3, 0.4) is 0 Å². The second kappa shape index (κ2) is 8.03. The number of nitrogens with one attached hydrogen (secondary N) is 1. The fraction of sp³-hybridized carbons (Fsp3) is 0.588. The molecule has 1 aromatic rings. The topological polar surface area (TPSA) is 67.6 Å². The molecular weight excluding hydrogens is 278 g/mol. The molecule has 122 valence electrons. The van der Waals surface area contributed by atoms with E-state index in [1.165, 1.54) is 18.4 Å². The molecule has 1 atom stereocenters. The van der Waals surface area contributed by atoms with Crippen molar-refractivity contribution in [3.05, 3.63) is 29.8 Å². The van der Waals surface area contributed by atoms with Gasteiger partial charge in [-0.3, -0.25) is 4.90 Å². The first-order valence-electron chi connectivity index (χ1n) is 8.08. The maximum absolute atomic E-state index is 11.0. The van der Waals surface area contributed by atoms with E-state index in [-0.39, 0.29) is 6.10 Å². The number of carbonyl (C=O) groups excluding carboxylic acids is 1. The number of para-hydroxylation sites is 1. The Bertz CT molecular complexity index is 491. The molecule has 2 amide bonds.